The predicted molar refractivity (Wildman–Crippen MR) is 103 cm³/mol. The number of rotatable bonds is 8. The number of amides is 1. The van der Waals surface area contributed by atoms with Crippen molar-refractivity contribution in [3.05, 3.63) is 16.3 Å². The lowest BCUT2D eigenvalue weighted by atomic mass is 10.3. The minimum Gasteiger partial charge on any atom is -0.483 e. The van der Waals surface area contributed by atoms with Crippen molar-refractivity contribution in [1.82, 2.24) is 14.1 Å². The van der Waals surface area contributed by atoms with E-state index in [4.69, 9.17) is 15.0 Å². The summed E-state index contributed by atoms with van der Waals surface area (Å²) >= 11 is 1.03. The van der Waals surface area contributed by atoms with E-state index in [0.717, 1.165) is 24.2 Å². The van der Waals surface area contributed by atoms with Gasteiger partial charge >= 0.3 is 5.97 Å². The van der Waals surface area contributed by atoms with Gasteiger partial charge in [-0.2, -0.15) is 4.31 Å². The lowest BCUT2D eigenvalue weighted by Crippen LogP contribution is -2.40. The zero-order chi connectivity index (χ0) is 21.3. The van der Waals surface area contributed by atoms with Crippen molar-refractivity contribution in [2.75, 3.05) is 46.8 Å². The van der Waals surface area contributed by atoms with Gasteiger partial charge in [-0.3, -0.25) is 14.4 Å². The molecule has 0 radical (unpaired) electrons. The molecule has 0 saturated carbocycles. The number of sulfonamides is 1. The highest BCUT2D eigenvalue weighted by Gasteiger charge is 2.33. The fourth-order valence-electron chi connectivity index (χ4n) is 2.60. The Morgan fingerprint density at radius 2 is 1.82 bits per heavy atom. The number of carboxylic acid groups (broad SMARTS) is 2. The molecular weight excluding hydrogens is 410 g/mol. The highest BCUT2D eigenvalue weighted by Crippen LogP contribution is 2.28. The first-order chi connectivity index (χ1) is 13.1. The molecule has 0 unspecified atom stereocenters. The lowest BCUT2D eigenvalue weighted by Gasteiger charge is -2.23. The smallest absolute Gasteiger partial charge is 0.323 e. The molecule has 1 aliphatic rings. The molecule has 12 heteroatoms. The normalized spacial score (nSPS) is 14.4. The van der Waals surface area contributed by atoms with Crippen molar-refractivity contribution >= 4 is 39.7 Å². The van der Waals surface area contributed by atoms with Crippen LogP contribution in [0.5, 0.6) is 0 Å². The van der Waals surface area contributed by atoms with Crippen LogP contribution in [0.25, 0.3) is 0 Å². The van der Waals surface area contributed by atoms with E-state index in [1.807, 2.05) is 19.0 Å². The quantitative estimate of drug-likeness (QED) is 0.557. The van der Waals surface area contributed by atoms with Crippen molar-refractivity contribution < 1.29 is 33.0 Å². The summed E-state index contributed by atoms with van der Waals surface area (Å²) in [5.41, 5.74) is 0. The molecule has 0 spiro atoms. The molecule has 0 atom stereocenters. The number of hydrogen-bond donors (Lipinski definition) is 2. The maximum Gasteiger partial charge on any atom is 0.323 e. The summed E-state index contributed by atoms with van der Waals surface area (Å²) in [6.45, 7) is 0.877. The maximum absolute atomic E-state index is 12.8. The average molecular weight is 436 g/mol. The van der Waals surface area contributed by atoms with Crippen LogP contribution in [0.4, 0.5) is 0 Å². The van der Waals surface area contributed by atoms with Crippen LogP contribution in [-0.4, -0.2) is 97.9 Å². The molecule has 10 nitrogen and oxygen atoms in total. The summed E-state index contributed by atoms with van der Waals surface area (Å²) in [4.78, 5) is 35.3. The van der Waals surface area contributed by atoms with Crippen LogP contribution in [-0.2, 0) is 19.6 Å². The molecule has 1 aromatic rings. The molecule has 1 saturated heterocycles. The fraction of sp³-hybridized carbons (Fsp3) is 0.562. The topological polar surface area (TPSA) is 136 Å². The van der Waals surface area contributed by atoms with Gasteiger partial charge < -0.3 is 20.0 Å². The van der Waals surface area contributed by atoms with Gasteiger partial charge in [0.25, 0.3) is 12.4 Å². The van der Waals surface area contributed by atoms with Crippen molar-refractivity contribution in [3.8, 4) is 0 Å². The molecule has 1 aliphatic heterocycles. The maximum atomic E-state index is 12.8. The number of carbonyl (C=O) groups is 3. The van der Waals surface area contributed by atoms with Crippen molar-refractivity contribution in [2.45, 2.75) is 17.7 Å². The van der Waals surface area contributed by atoms with Gasteiger partial charge in [-0.05, 0) is 38.4 Å². The van der Waals surface area contributed by atoms with Crippen molar-refractivity contribution in [2.24, 2.45) is 0 Å². The second-order valence-corrected chi connectivity index (χ2v) is 9.08. The molecule has 0 bridgehead atoms. The minimum absolute atomic E-state index is 0.0235. The summed E-state index contributed by atoms with van der Waals surface area (Å²) in [7, 11) is -0.0913. The molecule has 2 heterocycles. The Labute approximate surface area is 168 Å². The number of thiophene rings is 1. The third-order valence-electron chi connectivity index (χ3n) is 3.94. The zero-order valence-electron chi connectivity index (χ0n) is 15.8. The van der Waals surface area contributed by atoms with Gasteiger partial charge in [-0.25, -0.2) is 8.42 Å². The molecule has 0 aliphatic carbocycles. The first-order valence-electron chi connectivity index (χ1n) is 8.46. The van der Waals surface area contributed by atoms with Gasteiger partial charge in [0.1, 0.15) is 16.3 Å². The molecule has 1 aromatic heterocycles. The number of aliphatic carboxylic acids is 1. The van der Waals surface area contributed by atoms with Gasteiger partial charge in [-0.15, -0.1) is 11.3 Å². The summed E-state index contributed by atoms with van der Waals surface area (Å²) in [6, 6.07) is 1.43. The summed E-state index contributed by atoms with van der Waals surface area (Å²) in [5.74, 6) is -1.69. The Bertz CT molecular complexity index is 771. The fourth-order valence-corrected chi connectivity index (χ4v) is 5.48. The average Bonchev–Trinajstić information content (AvgIpc) is 3.29. The third-order valence-corrected chi connectivity index (χ3v) is 6.91. The highest BCUT2D eigenvalue weighted by molar-refractivity contribution is 7.89. The molecule has 2 rings (SSSR count). The summed E-state index contributed by atoms with van der Waals surface area (Å²) in [5, 5.41) is 17.5. The van der Waals surface area contributed by atoms with Crippen molar-refractivity contribution in [1.29, 1.82) is 0 Å². The number of carboxylic acids is 1. The van der Waals surface area contributed by atoms with Crippen LogP contribution in [0.15, 0.2) is 16.3 Å². The molecule has 28 heavy (non-hydrogen) atoms. The molecule has 1 amide bonds. The Hall–Kier alpha value is -2.02. The number of likely N-dealkylation sites (N-methyl/N-ethyl adjacent to an activating group) is 1. The minimum atomic E-state index is -3.73. The Morgan fingerprint density at radius 3 is 2.32 bits per heavy atom. The molecular formula is C16H25N3O7S2. The van der Waals surface area contributed by atoms with Gasteiger partial charge in [0, 0.05) is 26.2 Å². The SMILES string of the molecule is CN(C)CCN(CC(=O)O)C(=O)c1sccc1S(=O)(=O)N1CCCC1.O=CO. The predicted octanol–water partition coefficient (Wildman–Crippen LogP) is 0.322. The van der Waals surface area contributed by atoms with Gasteiger partial charge in [0.15, 0.2) is 0 Å². The Kier molecular flexibility index (Phi) is 9.52. The summed E-state index contributed by atoms with van der Waals surface area (Å²) in [6.07, 6.45) is 1.61. The van der Waals surface area contributed by atoms with Crippen LogP contribution in [0, 0.1) is 0 Å². The second kappa shape index (κ2) is 11.1. The molecule has 158 valence electrons. The van der Waals surface area contributed by atoms with Gasteiger partial charge in [-0.1, -0.05) is 0 Å². The van der Waals surface area contributed by atoms with Crippen LogP contribution < -0.4 is 0 Å². The van der Waals surface area contributed by atoms with E-state index < -0.39 is 28.4 Å². The highest BCUT2D eigenvalue weighted by atomic mass is 32.2. The molecule has 2 N–H and O–H groups in total. The zero-order valence-corrected chi connectivity index (χ0v) is 17.4. The van der Waals surface area contributed by atoms with E-state index >= 15 is 0 Å². The van der Waals surface area contributed by atoms with Crippen LogP contribution in [0.1, 0.15) is 22.5 Å². The Balaban J connectivity index is 0.00000122. The monoisotopic (exact) mass is 435 g/mol. The van der Waals surface area contributed by atoms with Crippen molar-refractivity contribution in [3.63, 3.8) is 0 Å². The van der Waals surface area contributed by atoms with E-state index in [2.05, 4.69) is 0 Å². The largest absolute Gasteiger partial charge is 0.483 e. The van der Waals surface area contributed by atoms with E-state index in [1.165, 1.54) is 15.3 Å². The second-order valence-electron chi connectivity index (χ2n) is 6.25. The third kappa shape index (κ3) is 6.55. The van der Waals surface area contributed by atoms with E-state index in [9.17, 15) is 18.0 Å². The Morgan fingerprint density at radius 1 is 1.25 bits per heavy atom. The van der Waals surface area contributed by atoms with Gasteiger partial charge in [0.2, 0.25) is 10.0 Å². The van der Waals surface area contributed by atoms with E-state index in [1.54, 1.807) is 5.38 Å². The molecule has 0 aromatic carbocycles. The van der Waals surface area contributed by atoms with Crippen LogP contribution >= 0.6 is 11.3 Å². The molecule has 1 fully saturated rings. The van der Waals surface area contributed by atoms with E-state index in [-0.39, 0.29) is 22.8 Å². The van der Waals surface area contributed by atoms with Gasteiger partial charge in [0.05, 0.1) is 0 Å². The summed E-state index contributed by atoms with van der Waals surface area (Å²) < 4.78 is 26.9. The first kappa shape index (κ1) is 24.0. The van der Waals surface area contributed by atoms with Crippen LogP contribution in [0.3, 0.4) is 0 Å². The standard InChI is InChI=1S/C15H23N3O5S2.CH2O2/c1-16(2)8-9-17(11-13(19)20)15(21)14-12(5-10-24-14)25(22,23)18-6-3-4-7-18;2-1-3/h5,10H,3-4,6-9,11H2,1-2H3,(H,19,20);1H,(H,2,3). The van der Waals surface area contributed by atoms with Crippen LogP contribution in [0.2, 0.25) is 0 Å². The number of nitrogens with zero attached hydrogens (tertiary/aromatic N) is 3. The number of carbonyl (C=O) groups excluding carboxylic acids is 1. The van der Waals surface area contributed by atoms with E-state index in [0.29, 0.717) is 19.6 Å². The number of hydrogen-bond acceptors (Lipinski definition) is 7. The lowest BCUT2D eigenvalue weighted by molar-refractivity contribution is -0.137. The first-order valence-corrected chi connectivity index (χ1v) is 10.8.